The fourth-order valence-electron chi connectivity index (χ4n) is 5.69. The lowest BCUT2D eigenvalue weighted by atomic mass is 9.56. The maximum absolute atomic E-state index is 13.2. The van der Waals surface area contributed by atoms with Crippen LogP contribution in [0.4, 0.5) is 9.59 Å². The van der Waals surface area contributed by atoms with Crippen LogP contribution in [-0.2, 0) is 14.3 Å². The van der Waals surface area contributed by atoms with Crippen LogP contribution < -0.4 is 0 Å². The van der Waals surface area contributed by atoms with Gasteiger partial charge in [-0.1, -0.05) is 0 Å². The summed E-state index contributed by atoms with van der Waals surface area (Å²) in [7, 11) is 1.46. The van der Waals surface area contributed by atoms with Crippen molar-refractivity contribution in [3.05, 3.63) is 0 Å². The Bertz CT molecular complexity index is 691. The van der Waals surface area contributed by atoms with Gasteiger partial charge in [0.1, 0.15) is 5.60 Å². The highest BCUT2D eigenvalue weighted by atomic mass is 16.6. The summed E-state index contributed by atoms with van der Waals surface area (Å²) >= 11 is 0. The summed E-state index contributed by atoms with van der Waals surface area (Å²) in [5.41, 5.74) is -1.03. The fourth-order valence-corrected chi connectivity index (χ4v) is 5.69. The summed E-state index contributed by atoms with van der Waals surface area (Å²) in [5, 5.41) is 0. The lowest BCUT2D eigenvalue weighted by molar-refractivity contribution is -0.162. The van der Waals surface area contributed by atoms with Crippen LogP contribution >= 0.6 is 0 Å². The lowest BCUT2D eigenvalue weighted by Gasteiger charge is -2.55. The maximum atomic E-state index is 13.2. The summed E-state index contributed by atoms with van der Waals surface area (Å²) in [5.74, 6) is -0.0935. The van der Waals surface area contributed by atoms with Gasteiger partial charge in [-0.2, -0.15) is 0 Å². The summed E-state index contributed by atoms with van der Waals surface area (Å²) in [6.07, 6.45) is 4.62. The van der Waals surface area contributed by atoms with E-state index in [4.69, 9.17) is 9.47 Å². The smallest absolute Gasteiger partial charge is 0.410 e. The van der Waals surface area contributed by atoms with Crippen LogP contribution in [0.25, 0.3) is 0 Å². The van der Waals surface area contributed by atoms with Crippen molar-refractivity contribution in [1.29, 1.82) is 0 Å². The second-order valence-electron chi connectivity index (χ2n) is 10.2. The molecule has 5 rings (SSSR count). The molecule has 5 fully saturated rings. The third-order valence-corrected chi connectivity index (χ3v) is 7.40. The molecular formula is C21H33N3O5. The Kier molecular flexibility index (Phi) is 4.74. The van der Waals surface area contributed by atoms with Crippen LogP contribution in [0.1, 0.15) is 59.3 Å². The minimum Gasteiger partial charge on any atom is -0.469 e. The number of nitrogens with zero attached hydrogens (tertiary/aromatic N) is 3. The third kappa shape index (κ3) is 3.34. The quantitative estimate of drug-likeness (QED) is 0.658. The predicted molar refractivity (Wildman–Crippen MR) is 105 cm³/mol. The van der Waals surface area contributed by atoms with E-state index in [1.807, 2.05) is 25.7 Å². The zero-order chi connectivity index (χ0) is 21.0. The van der Waals surface area contributed by atoms with Crippen LogP contribution in [0.2, 0.25) is 0 Å². The number of carbonyl (C=O) groups is 3. The van der Waals surface area contributed by atoms with E-state index in [9.17, 15) is 14.4 Å². The molecular weight excluding hydrogens is 374 g/mol. The van der Waals surface area contributed by atoms with Crippen LogP contribution in [0.15, 0.2) is 0 Å². The molecule has 3 aliphatic carbocycles. The number of hydrogen-bond donors (Lipinski definition) is 0. The first kappa shape index (κ1) is 20.3. The van der Waals surface area contributed by atoms with E-state index in [-0.39, 0.29) is 35.1 Å². The SMILES string of the molecule is COC(=O)C12CCC(N3C[C@@H]4CN(C(=O)OC(C)(C)C)CCN4C3=O)(CC1)CC2. The van der Waals surface area contributed by atoms with E-state index in [0.29, 0.717) is 26.2 Å². The average molecular weight is 408 g/mol. The van der Waals surface area contributed by atoms with Crippen molar-refractivity contribution in [2.75, 3.05) is 33.3 Å². The molecule has 0 spiro atoms. The number of methoxy groups -OCH3 is 1. The Hall–Kier alpha value is -1.99. The van der Waals surface area contributed by atoms with Gasteiger partial charge in [0, 0.05) is 31.7 Å². The molecule has 0 aromatic heterocycles. The monoisotopic (exact) mass is 407 g/mol. The summed E-state index contributed by atoms with van der Waals surface area (Å²) in [6.45, 7) is 7.79. The Balaban J connectivity index is 1.43. The number of urea groups is 1. The standard InChI is InChI=1S/C21H33N3O5/c1-19(2,3)29-18(27)22-11-12-23-15(13-22)14-24(17(23)26)21-8-5-20(6-9-21,7-10-21)16(25)28-4/h15H,5-14H2,1-4H3/t15-,20?,21?/m0/s1. The first-order chi connectivity index (χ1) is 13.6. The number of piperazine rings is 1. The highest BCUT2D eigenvalue weighted by Gasteiger charge is 2.58. The van der Waals surface area contributed by atoms with Crippen molar-refractivity contribution >= 4 is 18.1 Å². The number of carbonyl (C=O) groups excluding carboxylic acids is 3. The molecule has 5 aliphatic rings. The van der Waals surface area contributed by atoms with Crippen molar-refractivity contribution in [2.45, 2.75) is 76.5 Å². The molecule has 162 valence electrons. The molecule has 1 atom stereocenters. The van der Waals surface area contributed by atoms with E-state index in [1.165, 1.54) is 7.11 Å². The number of hydrogen-bond acceptors (Lipinski definition) is 5. The number of fused-ring (bicyclic) bond motifs is 4. The molecule has 0 aromatic rings. The minimum absolute atomic E-state index is 0.00682. The first-order valence-corrected chi connectivity index (χ1v) is 10.7. The Morgan fingerprint density at radius 1 is 1.00 bits per heavy atom. The van der Waals surface area contributed by atoms with Crippen molar-refractivity contribution in [1.82, 2.24) is 14.7 Å². The molecule has 0 N–H and O–H groups in total. The van der Waals surface area contributed by atoms with Crippen LogP contribution in [0.3, 0.4) is 0 Å². The largest absolute Gasteiger partial charge is 0.469 e. The highest BCUT2D eigenvalue weighted by Crippen LogP contribution is 2.56. The normalized spacial score (nSPS) is 34.3. The van der Waals surface area contributed by atoms with Crippen LogP contribution in [0, 0.1) is 5.41 Å². The zero-order valence-electron chi connectivity index (χ0n) is 18.0. The van der Waals surface area contributed by atoms with Gasteiger partial charge in [0.25, 0.3) is 0 Å². The first-order valence-electron chi connectivity index (χ1n) is 10.7. The van der Waals surface area contributed by atoms with Gasteiger partial charge in [0.15, 0.2) is 0 Å². The summed E-state index contributed by atoms with van der Waals surface area (Å²) in [6, 6.07) is 0.0960. The van der Waals surface area contributed by atoms with Crippen molar-refractivity contribution in [3.8, 4) is 0 Å². The molecule has 3 amide bonds. The Morgan fingerprint density at radius 2 is 1.62 bits per heavy atom. The van der Waals surface area contributed by atoms with E-state index in [2.05, 4.69) is 4.90 Å². The van der Waals surface area contributed by atoms with Gasteiger partial charge in [0.2, 0.25) is 0 Å². The highest BCUT2D eigenvalue weighted by molar-refractivity contribution is 5.80. The van der Waals surface area contributed by atoms with Gasteiger partial charge < -0.3 is 24.2 Å². The van der Waals surface area contributed by atoms with Gasteiger partial charge in [-0.05, 0) is 59.3 Å². The summed E-state index contributed by atoms with van der Waals surface area (Å²) in [4.78, 5) is 43.7. The number of esters is 1. The molecule has 0 unspecified atom stereocenters. The Labute approximate surface area is 172 Å². The minimum atomic E-state index is -0.527. The molecule has 2 saturated heterocycles. The molecule has 0 aromatic carbocycles. The summed E-state index contributed by atoms with van der Waals surface area (Å²) < 4.78 is 10.6. The molecule has 2 bridgehead atoms. The third-order valence-electron chi connectivity index (χ3n) is 7.40. The van der Waals surface area contributed by atoms with Gasteiger partial charge >= 0.3 is 18.1 Å². The van der Waals surface area contributed by atoms with Gasteiger partial charge in [-0.25, -0.2) is 9.59 Å². The average Bonchev–Trinajstić information content (AvgIpc) is 3.04. The maximum Gasteiger partial charge on any atom is 0.410 e. The molecule has 29 heavy (non-hydrogen) atoms. The van der Waals surface area contributed by atoms with E-state index in [1.54, 1.807) is 4.90 Å². The van der Waals surface area contributed by atoms with Crippen molar-refractivity contribution < 1.29 is 23.9 Å². The van der Waals surface area contributed by atoms with Crippen LogP contribution in [-0.4, -0.2) is 83.3 Å². The second-order valence-corrected chi connectivity index (χ2v) is 10.2. The topological polar surface area (TPSA) is 79.4 Å². The zero-order valence-corrected chi connectivity index (χ0v) is 18.0. The molecule has 8 nitrogen and oxygen atoms in total. The molecule has 2 heterocycles. The lowest BCUT2D eigenvalue weighted by Crippen LogP contribution is -2.59. The predicted octanol–water partition coefficient (Wildman–Crippen LogP) is 2.61. The van der Waals surface area contributed by atoms with Crippen molar-refractivity contribution in [3.63, 3.8) is 0 Å². The molecule has 3 saturated carbocycles. The fraction of sp³-hybridized carbons (Fsp3) is 0.857. The number of rotatable bonds is 2. The number of amides is 3. The van der Waals surface area contributed by atoms with Crippen LogP contribution in [0.5, 0.6) is 0 Å². The van der Waals surface area contributed by atoms with E-state index < -0.39 is 5.60 Å². The molecule has 2 aliphatic heterocycles. The number of ether oxygens (including phenoxy) is 2. The van der Waals surface area contributed by atoms with Gasteiger partial charge in [-0.3, -0.25) is 4.79 Å². The van der Waals surface area contributed by atoms with E-state index >= 15 is 0 Å². The Morgan fingerprint density at radius 3 is 2.17 bits per heavy atom. The van der Waals surface area contributed by atoms with Gasteiger partial charge in [0.05, 0.1) is 18.6 Å². The molecule has 8 heteroatoms. The molecule has 0 radical (unpaired) electrons. The van der Waals surface area contributed by atoms with E-state index in [0.717, 1.165) is 38.5 Å². The second kappa shape index (κ2) is 6.77. The van der Waals surface area contributed by atoms with Gasteiger partial charge in [-0.15, -0.1) is 0 Å². The van der Waals surface area contributed by atoms with Crippen molar-refractivity contribution in [2.24, 2.45) is 5.41 Å².